The maximum Gasteiger partial charge on any atom is 0.300 e. The first-order valence-corrected chi connectivity index (χ1v) is 23.3. The smallest absolute Gasteiger partial charge is 0.300 e. The maximum atomic E-state index is 14.0. The Hall–Kier alpha value is -3.94. The number of nitro benzene ring substituents is 1. The van der Waals surface area contributed by atoms with E-state index in [4.69, 9.17) is 4.63 Å². The number of aromatic nitrogens is 2. The molecule has 1 aliphatic heterocycles. The molecule has 1 aromatic carbocycles. The first-order chi connectivity index (χ1) is 28.4. The van der Waals surface area contributed by atoms with Crippen LogP contribution in [-0.2, 0) is 24.5 Å². The van der Waals surface area contributed by atoms with Crippen LogP contribution in [0.4, 0.5) is 11.4 Å². The normalized spacial score (nSPS) is 34.3. The van der Waals surface area contributed by atoms with E-state index in [1.807, 2.05) is 0 Å². The summed E-state index contributed by atoms with van der Waals surface area (Å²) < 4.78 is 36.5. The van der Waals surface area contributed by atoms with Gasteiger partial charge < -0.3 is 31.1 Å². The van der Waals surface area contributed by atoms with Crippen molar-refractivity contribution in [2.45, 2.75) is 129 Å². The molecule has 1 aromatic heterocycles. The number of carbonyl (C=O) groups excluding carboxylic acids is 3. The highest BCUT2D eigenvalue weighted by molar-refractivity contribution is 7.85. The van der Waals surface area contributed by atoms with Crippen molar-refractivity contribution in [3.63, 3.8) is 0 Å². The third kappa shape index (κ3) is 8.86. The molecule has 4 saturated carbocycles. The topological polar surface area (TPSA) is 267 Å². The van der Waals surface area contributed by atoms with Crippen molar-refractivity contribution < 1.29 is 47.1 Å². The van der Waals surface area contributed by atoms with E-state index in [1.165, 1.54) is 17.0 Å². The Balaban J connectivity index is 0.941. The van der Waals surface area contributed by atoms with Crippen LogP contribution in [0.3, 0.4) is 0 Å². The van der Waals surface area contributed by atoms with Crippen molar-refractivity contribution in [1.82, 2.24) is 25.8 Å². The molecule has 7 rings (SSSR count). The predicted octanol–water partition coefficient (Wildman–Crippen LogP) is 3.82. The molecule has 0 radical (unpaired) electrons. The van der Waals surface area contributed by atoms with Crippen LogP contribution in [-0.4, -0.2) is 111 Å². The highest BCUT2D eigenvalue weighted by Gasteiger charge is 2.63. The number of hydrogen-bond acceptors (Lipinski definition) is 13. The second-order valence-corrected chi connectivity index (χ2v) is 20.6. The molecule has 19 heteroatoms. The predicted molar refractivity (Wildman–Crippen MR) is 219 cm³/mol. The van der Waals surface area contributed by atoms with Crippen molar-refractivity contribution >= 4 is 50.2 Å². The quantitative estimate of drug-likeness (QED) is 0.0644. The van der Waals surface area contributed by atoms with Gasteiger partial charge in [0.25, 0.3) is 10.1 Å². The van der Waals surface area contributed by atoms with Crippen molar-refractivity contribution in [2.24, 2.45) is 46.3 Å². The number of aliphatic hydroxyl groups is 2. The summed E-state index contributed by atoms with van der Waals surface area (Å²) in [5.41, 5.74) is 0.606. The van der Waals surface area contributed by atoms with Gasteiger partial charge in [0, 0.05) is 44.6 Å². The van der Waals surface area contributed by atoms with Gasteiger partial charge in [-0.25, -0.2) is 4.63 Å². The lowest BCUT2D eigenvalue weighted by molar-refractivity contribution is -0.383. The molecule has 3 amide bonds. The Kier molecular flexibility index (Phi) is 12.8. The molecule has 5 aliphatic rings. The van der Waals surface area contributed by atoms with Crippen molar-refractivity contribution in [3.05, 3.63) is 22.2 Å². The highest BCUT2D eigenvalue weighted by Crippen LogP contribution is 2.68. The molecular formula is C41H61N7O11S. The number of anilines is 1. The maximum absolute atomic E-state index is 14.0. The van der Waals surface area contributed by atoms with Gasteiger partial charge in [0.1, 0.15) is 6.04 Å². The number of nitrogens with zero attached hydrogens (tertiary/aromatic N) is 4. The SMILES string of the molecule is C[C@H](CCC(=O)N1C[C@@H](NC(=O)CCCNc2ccc([N+](=O)[O-])c3nonc23)C[C@H]1C(=O)NCCS(=O)(=O)O)[C@H]1CCC2C3C(O)CC4C[C@H](O)CC[C@]4(C)C3CC[C@@]21C. The summed E-state index contributed by atoms with van der Waals surface area (Å²) in [6.45, 7) is 7.12. The Labute approximate surface area is 350 Å². The Morgan fingerprint density at radius 1 is 1.00 bits per heavy atom. The molecule has 332 valence electrons. The van der Waals surface area contributed by atoms with Crippen LogP contribution in [0.2, 0.25) is 0 Å². The summed E-state index contributed by atoms with van der Waals surface area (Å²) in [4.78, 5) is 52.6. The Morgan fingerprint density at radius 2 is 1.73 bits per heavy atom. The lowest BCUT2D eigenvalue weighted by Gasteiger charge is -2.62. The summed E-state index contributed by atoms with van der Waals surface area (Å²) in [5, 5.41) is 49.4. The van der Waals surface area contributed by atoms with E-state index in [0.717, 1.165) is 51.4 Å². The van der Waals surface area contributed by atoms with E-state index in [0.29, 0.717) is 48.7 Å². The van der Waals surface area contributed by atoms with Gasteiger partial charge in [-0.15, -0.1) is 0 Å². The van der Waals surface area contributed by atoms with Crippen LogP contribution in [0.5, 0.6) is 0 Å². The zero-order chi connectivity index (χ0) is 43.1. The monoisotopic (exact) mass is 859 g/mol. The van der Waals surface area contributed by atoms with Crippen LogP contribution in [0.15, 0.2) is 16.8 Å². The highest BCUT2D eigenvalue weighted by atomic mass is 32.2. The fraction of sp³-hybridized carbons (Fsp3) is 0.780. The zero-order valence-electron chi connectivity index (χ0n) is 34.8. The first-order valence-electron chi connectivity index (χ1n) is 21.7. The number of nitro groups is 1. The van der Waals surface area contributed by atoms with Gasteiger partial charge in [-0.1, -0.05) is 20.8 Å². The number of fused-ring (bicyclic) bond motifs is 6. The van der Waals surface area contributed by atoms with Gasteiger partial charge in [0.05, 0.1) is 28.6 Å². The minimum Gasteiger partial charge on any atom is -0.393 e. The molecule has 6 N–H and O–H groups in total. The minimum atomic E-state index is -4.32. The fourth-order valence-electron chi connectivity index (χ4n) is 12.7. The number of likely N-dealkylation sites (tertiary alicyclic amines) is 1. The largest absolute Gasteiger partial charge is 0.393 e. The fourth-order valence-corrected chi connectivity index (χ4v) is 13.0. The molecule has 5 fully saturated rings. The number of nitrogens with one attached hydrogen (secondary N) is 3. The number of amides is 3. The molecule has 2 aromatic rings. The molecule has 0 bridgehead atoms. The van der Waals surface area contributed by atoms with E-state index in [-0.39, 0.29) is 95.8 Å². The molecular weight excluding hydrogens is 799 g/mol. The van der Waals surface area contributed by atoms with E-state index in [1.54, 1.807) is 0 Å². The molecule has 12 atom stereocenters. The molecule has 1 saturated heterocycles. The molecule has 18 nitrogen and oxygen atoms in total. The Bertz CT molecular complexity index is 2050. The number of non-ortho nitro benzene ring substituents is 1. The van der Waals surface area contributed by atoms with Gasteiger partial charge >= 0.3 is 5.69 Å². The summed E-state index contributed by atoms with van der Waals surface area (Å²) in [7, 11) is -4.32. The lowest BCUT2D eigenvalue weighted by Crippen LogP contribution is -2.58. The third-order valence-corrected chi connectivity index (χ3v) is 16.4. The number of benzene rings is 1. The van der Waals surface area contributed by atoms with Crippen molar-refractivity contribution in [3.8, 4) is 0 Å². The summed E-state index contributed by atoms with van der Waals surface area (Å²) in [6.07, 6.45) is 8.40. The number of carbonyl (C=O) groups is 3. The van der Waals surface area contributed by atoms with Crippen LogP contribution < -0.4 is 16.0 Å². The number of rotatable bonds is 15. The second-order valence-electron chi connectivity index (χ2n) is 19.0. The van der Waals surface area contributed by atoms with Crippen LogP contribution in [0.1, 0.15) is 104 Å². The summed E-state index contributed by atoms with van der Waals surface area (Å²) in [5.74, 6) is 0.274. The van der Waals surface area contributed by atoms with Crippen LogP contribution in [0, 0.1) is 56.5 Å². The second kappa shape index (κ2) is 17.4. The standard InChI is InChI=1S/C41H61N7O11S/c1-23(27-7-8-28-36-29(13-15-41(27,28)3)40(2)14-12-26(49)19-24(40)20-33(36)50)6-11-35(52)47-22-25(21-32(47)39(53)43-17-18-60(56,57)58)44-34(51)5-4-16-42-30-9-10-31(48(54)55)38-37(30)45-59-46-38/h9-10,23-29,32-33,36,42,49-50H,4-8,11-22H2,1-3H3,(H,43,53)(H,44,51)(H,56,57,58)/t23-,24?,25+,26-,27-,28?,29?,32+,33?,36?,40+,41-/m1/s1. The van der Waals surface area contributed by atoms with E-state index in [9.17, 15) is 47.7 Å². The summed E-state index contributed by atoms with van der Waals surface area (Å²) >= 11 is 0. The van der Waals surface area contributed by atoms with E-state index < -0.39 is 38.8 Å². The average Bonchev–Trinajstić information content (AvgIpc) is 3.93. The van der Waals surface area contributed by atoms with Gasteiger partial charge in [0.15, 0.2) is 5.52 Å². The molecule has 2 heterocycles. The van der Waals surface area contributed by atoms with Gasteiger partial charge in [-0.05, 0) is 133 Å². The molecule has 0 spiro atoms. The zero-order valence-corrected chi connectivity index (χ0v) is 35.6. The number of hydrogen-bond donors (Lipinski definition) is 6. The van der Waals surface area contributed by atoms with Crippen LogP contribution in [0.25, 0.3) is 11.0 Å². The van der Waals surface area contributed by atoms with Gasteiger partial charge in [0.2, 0.25) is 23.2 Å². The summed E-state index contributed by atoms with van der Waals surface area (Å²) in [6, 6.07) is 1.32. The molecule has 4 aliphatic carbocycles. The van der Waals surface area contributed by atoms with Crippen molar-refractivity contribution in [2.75, 3.05) is 30.7 Å². The van der Waals surface area contributed by atoms with Crippen molar-refractivity contribution in [1.29, 1.82) is 0 Å². The molecule has 5 unspecified atom stereocenters. The minimum absolute atomic E-state index is 0.00714. The van der Waals surface area contributed by atoms with Gasteiger partial charge in [-0.2, -0.15) is 8.42 Å². The third-order valence-electron chi connectivity index (χ3n) is 15.7. The average molecular weight is 860 g/mol. The number of aliphatic hydroxyl groups excluding tert-OH is 2. The van der Waals surface area contributed by atoms with Crippen LogP contribution >= 0.6 is 0 Å². The first kappa shape index (κ1) is 44.1. The van der Waals surface area contributed by atoms with Gasteiger partial charge in [-0.3, -0.25) is 29.1 Å². The van der Waals surface area contributed by atoms with E-state index >= 15 is 0 Å². The Morgan fingerprint density at radius 3 is 2.48 bits per heavy atom. The lowest BCUT2D eigenvalue weighted by atomic mass is 9.43. The van der Waals surface area contributed by atoms with E-state index in [2.05, 4.69) is 47.0 Å². The molecule has 60 heavy (non-hydrogen) atoms.